The van der Waals surface area contributed by atoms with Gasteiger partial charge in [-0.1, -0.05) is 18.2 Å². The monoisotopic (exact) mass is 248 g/mol. The van der Waals surface area contributed by atoms with Crippen LogP contribution in [0.4, 0.5) is 0 Å². The molecule has 0 amide bonds. The van der Waals surface area contributed by atoms with Crippen molar-refractivity contribution in [3.8, 4) is 0 Å². The Balaban J connectivity index is 1.87. The predicted octanol–water partition coefficient (Wildman–Crippen LogP) is 2.76. The van der Waals surface area contributed by atoms with E-state index in [1.165, 1.54) is 5.57 Å². The number of epoxide rings is 1. The van der Waals surface area contributed by atoms with Crippen LogP contribution >= 0.6 is 0 Å². The molecule has 98 valence electrons. The molecule has 18 heavy (non-hydrogen) atoms. The highest BCUT2D eigenvalue weighted by Gasteiger charge is 2.61. The molecule has 4 atom stereocenters. The van der Waals surface area contributed by atoms with Crippen LogP contribution < -0.4 is 0 Å². The maximum Gasteiger partial charge on any atom is 0.334 e. The van der Waals surface area contributed by atoms with Crippen molar-refractivity contribution in [2.75, 3.05) is 0 Å². The van der Waals surface area contributed by atoms with Gasteiger partial charge in [0.15, 0.2) is 0 Å². The van der Waals surface area contributed by atoms with Gasteiger partial charge in [-0.15, -0.1) is 0 Å². The van der Waals surface area contributed by atoms with Gasteiger partial charge in [0.25, 0.3) is 0 Å². The van der Waals surface area contributed by atoms with Crippen molar-refractivity contribution in [2.45, 2.75) is 57.3 Å². The van der Waals surface area contributed by atoms with Crippen LogP contribution in [0.5, 0.6) is 0 Å². The Morgan fingerprint density at radius 2 is 2.28 bits per heavy atom. The third-order valence-corrected chi connectivity index (χ3v) is 4.57. The molecule has 0 aromatic carbocycles. The molecule has 1 aliphatic carbocycles. The van der Waals surface area contributed by atoms with Gasteiger partial charge in [0.2, 0.25) is 0 Å². The summed E-state index contributed by atoms with van der Waals surface area (Å²) in [6, 6.07) is 0. The van der Waals surface area contributed by atoms with Gasteiger partial charge in [0.1, 0.15) is 12.2 Å². The molecule has 2 heterocycles. The Labute approximate surface area is 108 Å². The fourth-order valence-corrected chi connectivity index (χ4v) is 3.20. The molecule has 0 bridgehead atoms. The molecule has 2 saturated heterocycles. The average molecular weight is 248 g/mol. The minimum atomic E-state index is -0.233. The summed E-state index contributed by atoms with van der Waals surface area (Å²) in [7, 11) is 0. The second-order valence-electron chi connectivity index (χ2n) is 5.98. The Kier molecular flexibility index (Phi) is 2.63. The minimum Gasteiger partial charge on any atom is -0.455 e. The number of hydrogen-bond acceptors (Lipinski definition) is 3. The molecule has 0 aromatic heterocycles. The van der Waals surface area contributed by atoms with Gasteiger partial charge in [-0.3, -0.25) is 0 Å². The standard InChI is InChI=1S/C15H20O3/c1-9-5-4-8-15(3)13(18-15)12-11(7-6-9)10(2)14(16)17-12/h5,11-13H,2,4,6-8H2,1,3H3/b9-5+. The van der Waals surface area contributed by atoms with E-state index in [0.29, 0.717) is 5.57 Å². The number of esters is 1. The number of carbonyl (C=O) groups excluding carboxylic acids is 1. The maximum absolute atomic E-state index is 11.7. The zero-order valence-electron chi connectivity index (χ0n) is 11.1. The summed E-state index contributed by atoms with van der Waals surface area (Å²) in [5.74, 6) is -0.102. The third kappa shape index (κ3) is 1.81. The topological polar surface area (TPSA) is 38.8 Å². The van der Waals surface area contributed by atoms with Crippen LogP contribution in [0.2, 0.25) is 0 Å². The second kappa shape index (κ2) is 3.95. The van der Waals surface area contributed by atoms with Crippen LogP contribution in [0.1, 0.15) is 39.5 Å². The first-order valence-corrected chi connectivity index (χ1v) is 6.74. The number of carbonyl (C=O) groups is 1. The largest absolute Gasteiger partial charge is 0.455 e. The van der Waals surface area contributed by atoms with Gasteiger partial charge in [-0.05, 0) is 39.5 Å². The van der Waals surface area contributed by atoms with Crippen molar-refractivity contribution in [2.24, 2.45) is 5.92 Å². The second-order valence-corrected chi connectivity index (χ2v) is 5.98. The van der Waals surface area contributed by atoms with Crippen molar-refractivity contribution >= 4 is 5.97 Å². The van der Waals surface area contributed by atoms with Crippen LogP contribution in [-0.4, -0.2) is 23.8 Å². The highest BCUT2D eigenvalue weighted by Crippen LogP contribution is 2.49. The van der Waals surface area contributed by atoms with E-state index in [9.17, 15) is 4.79 Å². The highest BCUT2D eigenvalue weighted by atomic mass is 16.6. The van der Waals surface area contributed by atoms with Crippen molar-refractivity contribution in [3.05, 3.63) is 23.8 Å². The van der Waals surface area contributed by atoms with E-state index in [0.717, 1.165) is 25.7 Å². The van der Waals surface area contributed by atoms with Gasteiger partial charge in [0.05, 0.1) is 5.60 Å². The number of fused-ring (bicyclic) bond motifs is 3. The Morgan fingerprint density at radius 1 is 1.50 bits per heavy atom. The van der Waals surface area contributed by atoms with Crippen molar-refractivity contribution in [1.29, 1.82) is 0 Å². The smallest absolute Gasteiger partial charge is 0.334 e. The maximum atomic E-state index is 11.7. The summed E-state index contributed by atoms with van der Waals surface area (Å²) in [5.41, 5.74) is 1.91. The summed E-state index contributed by atoms with van der Waals surface area (Å²) in [4.78, 5) is 11.7. The summed E-state index contributed by atoms with van der Waals surface area (Å²) >= 11 is 0. The molecule has 0 aromatic rings. The first-order chi connectivity index (χ1) is 8.51. The lowest BCUT2D eigenvalue weighted by Gasteiger charge is -2.19. The molecular weight excluding hydrogens is 228 g/mol. The zero-order valence-corrected chi connectivity index (χ0v) is 11.1. The fraction of sp³-hybridized carbons (Fsp3) is 0.667. The normalized spacial score (nSPS) is 46.6. The molecule has 0 spiro atoms. The van der Waals surface area contributed by atoms with Crippen LogP contribution in [-0.2, 0) is 14.3 Å². The van der Waals surface area contributed by atoms with E-state index in [1.54, 1.807) is 0 Å². The number of ether oxygens (including phenoxy) is 2. The number of hydrogen-bond donors (Lipinski definition) is 0. The molecular formula is C15H20O3. The Bertz CT molecular complexity index is 437. The molecule has 2 aliphatic heterocycles. The molecule has 3 nitrogen and oxygen atoms in total. The van der Waals surface area contributed by atoms with E-state index >= 15 is 0 Å². The SMILES string of the molecule is C=C1C(=O)OC2C1CC/C(C)=C/CCC1(C)OC21. The van der Waals surface area contributed by atoms with Crippen molar-refractivity contribution < 1.29 is 14.3 Å². The summed E-state index contributed by atoms with van der Waals surface area (Å²) in [6.45, 7) is 8.17. The van der Waals surface area contributed by atoms with Crippen LogP contribution in [0.25, 0.3) is 0 Å². The number of rotatable bonds is 0. The van der Waals surface area contributed by atoms with Crippen molar-refractivity contribution in [1.82, 2.24) is 0 Å². The molecule has 3 heteroatoms. The molecule has 2 fully saturated rings. The first kappa shape index (κ1) is 12.0. The third-order valence-electron chi connectivity index (χ3n) is 4.57. The van der Waals surface area contributed by atoms with Crippen LogP contribution in [0.15, 0.2) is 23.8 Å². The molecule has 0 radical (unpaired) electrons. The Hall–Kier alpha value is -1.09. The van der Waals surface area contributed by atoms with E-state index in [1.807, 2.05) is 0 Å². The molecule has 0 saturated carbocycles. The lowest BCUT2D eigenvalue weighted by atomic mass is 9.84. The van der Waals surface area contributed by atoms with E-state index in [4.69, 9.17) is 9.47 Å². The van der Waals surface area contributed by atoms with Gasteiger partial charge in [-0.25, -0.2) is 4.79 Å². The van der Waals surface area contributed by atoms with E-state index < -0.39 is 0 Å². The van der Waals surface area contributed by atoms with Crippen LogP contribution in [0, 0.1) is 5.92 Å². The molecule has 0 N–H and O–H groups in total. The molecule has 4 unspecified atom stereocenters. The van der Waals surface area contributed by atoms with Crippen LogP contribution in [0.3, 0.4) is 0 Å². The van der Waals surface area contributed by atoms with Gasteiger partial charge in [-0.2, -0.15) is 0 Å². The first-order valence-electron chi connectivity index (χ1n) is 6.74. The predicted molar refractivity (Wildman–Crippen MR) is 68.0 cm³/mol. The molecule has 3 rings (SSSR count). The summed E-state index contributed by atoms with van der Waals surface area (Å²) in [6.07, 6.45) is 6.25. The summed E-state index contributed by atoms with van der Waals surface area (Å²) in [5, 5.41) is 0. The van der Waals surface area contributed by atoms with Gasteiger partial charge < -0.3 is 9.47 Å². The quantitative estimate of drug-likeness (QED) is 0.286. The average Bonchev–Trinajstić information content (AvgIpc) is 2.90. The Morgan fingerprint density at radius 3 is 3.06 bits per heavy atom. The number of allylic oxidation sites excluding steroid dienone is 2. The lowest BCUT2D eigenvalue weighted by Crippen LogP contribution is -2.28. The van der Waals surface area contributed by atoms with Gasteiger partial charge >= 0.3 is 5.97 Å². The molecule has 3 aliphatic rings. The van der Waals surface area contributed by atoms with Crippen molar-refractivity contribution in [3.63, 3.8) is 0 Å². The zero-order chi connectivity index (χ0) is 12.9. The van der Waals surface area contributed by atoms with E-state index in [2.05, 4.69) is 26.5 Å². The fourth-order valence-electron chi connectivity index (χ4n) is 3.20. The lowest BCUT2D eigenvalue weighted by molar-refractivity contribution is -0.140. The van der Waals surface area contributed by atoms with Gasteiger partial charge in [0, 0.05) is 11.5 Å². The highest BCUT2D eigenvalue weighted by molar-refractivity contribution is 5.91. The minimum absolute atomic E-state index is 0.0671. The van der Waals surface area contributed by atoms with E-state index in [-0.39, 0.29) is 29.7 Å². The summed E-state index contributed by atoms with van der Waals surface area (Å²) < 4.78 is 11.3.